The van der Waals surface area contributed by atoms with Crippen LogP contribution in [0.5, 0.6) is 0 Å². The standard InChI is InChI=1S/C15H15ClOS2/c1-9-4-5-12(8-10(9)2)18-11(3)15(17)13-6-7-14(16)19-13/h4-8,11H,1-3H3. The molecule has 2 aromatic rings. The second-order valence-corrected chi connectivity index (χ2v) is 7.60. The molecule has 1 unspecified atom stereocenters. The van der Waals surface area contributed by atoms with Gasteiger partial charge >= 0.3 is 0 Å². The lowest BCUT2D eigenvalue weighted by atomic mass is 10.1. The first-order valence-corrected chi connectivity index (χ1v) is 8.08. The fourth-order valence-corrected chi connectivity index (χ4v) is 3.87. The number of Topliss-reactive ketones (excluding diaryl/α,β-unsaturated/α-hetero) is 1. The van der Waals surface area contributed by atoms with Crippen LogP contribution in [0.3, 0.4) is 0 Å². The van der Waals surface area contributed by atoms with E-state index in [-0.39, 0.29) is 11.0 Å². The van der Waals surface area contributed by atoms with Gasteiger partial charge in [-0.3, -0.25) is 4.79 Å². The van der Waals surface area contributed by atoms with E-state index < -0.39 is 0 Å². The Bertz CT molecular complexity index is 604. The Balaban J connectivity index is 2.10. The number of thioether (sulfide) groups is 1. The molecular formula is C15H15ClOS2. The summed E-state index contributed by atoms with van der Waals surface area (Å²) in [5.41, 5.74) is 2.53. The summed E-state index contributed by atoms with van der Waals surface area (Å²) >= 11 is 8.80. The van der Waals surface area contributed by atoms with E-state index >= 15 is 0 Å². The van der Waals surface area contributed by atoms with Crippen molar-refractivity contribution in [2.75, 3.05) is 0 Å². The minimum Gasteiger partial charge on any atom is -0.292 e. The highest BCUT2D eigenvalue weighted by molar-refractivity contribution is 8.00. The van der Waals surface area contributed by atoms with E-state index in [4.69, 9.17) is 11.6 Å². The number of benzene rings is 1. The van der Waals surface area contributed by atoms with Crippen molar-refractivity contribution < 1.29 is 4.79 Å². The molecule has 1 aromatic heterocycles. The van der Waals surface area contributed by atoms with Crippen LogP contribution in [0.4, 0.5) is 0 Å². The van der Waals surface area contributed by atoms with E-state index in [9.17, 15) is 4.79 Å². The number of aryl methyl sites for hydroxylation is 2. The van der Waals surface area contributed by atoms with Crippen molar-refractivity contribution in [2.45, 2.75) is 30.9 Å². The maximum atomic E-state index is 12.2. The first-order chi connectivity index (χ1) is 8.97. The molecule has 19 heavy (non-hydrogen) atoms. The average molecular weight is 311 g/mol. The lowest BCUT2D eigenvalue weighted by Crippen LogP contribution is -2.11. The molecule has 0 aliphatic heterocycles. The zero-order valence-corrected chi connectivity index (χ0v) is 13.5. The van der Waals surface area contributed by atoms with Crippen LogP contribution in [0.2, 0.25) is 4.34 Å². The molecule has 0 N–H and O–H groups in total. The van der Waals surface area contributed by atoms with Crippen molar-refractivity contribution in [3.05, 3.63) is 50.7 Å². The Morgan fingerprint density at radius 3 is 2.53 bits per heavy atom. The van der Waals surface area contributed by atoms with Gasteiger partial charge in [0, 0.05) is 4.90 Å². The number of rotatable bonds is 4. The Hall–Kier alpha value is -0.770. The topological polar surface area (TPSA) is 17.1 Å². The minimum absolute atomic E-state index is 0.100. The van der Waals surface area contributed by atoms with E-state index in [0.717, 1.165) is 9.77 Å². The molecule has 0 saturated carbocycles. The Morgan fingerprint density at radius 2 is 1.95 bits per heavy atom. The number of ketones is 1. The van der Waals surface area contributed by atoms with Crippen molar-refractivity contribution in [1.82, 2.24) is 0 Å². The number of hydrogen-bond donors (Lipinski definition) is 0. The van der Waals surface area contributed by atoms with Gasteiger partial charge in [-0.05, 0) is 56.2 Å². The largest absolute Gasteiger partial charge is 0.292 e. The Labute approximate surface area is 127 Å². The maximum absolute atomic E-state index is 12.2. The lowest BCUT2D eigenvalue weighted by Gasteiger charge is -2.10. The van der Waals surface area contributed by atoms with Gasteiger partial charge in [-0.25, -0.2) is 0 Å². The number of halogens is 1. The van der Waals surface area contributed by atoms with Crippen LogP contribution in [0.15, 0.2) is 35.2 Å². The Kier molecular flexibility index (Phi) is 4.71. The summed E-state index contributed by atoms with van der Waals surface area (Å²) < 4.78 is 0.659. The summed E-state index contributed by atoms with van der Waals surface area (Å²) in [6.07, 6.45) is 0. The molecule has 1 aromatic carbocycles. The van der Waals surface area contributed by atoms with Crippen molar-refractivity contribution in [1.29, 1.82) is 0 Å². The van der Waals surface area contributed by atoms with Crippen molar-refractivity contribution in [3.8, 4) is 0 Å². The molecule has 2 rings (SSSR count). The predicted octanol–water partition coefficient (Wildman–Crippen LogP) is 5.38. The van der Waals surface area contributed by atoms with Crippen LogP contribution < -0.4 is 0 Å². The van der Waals surface area contributed by atoms with E-state index in [2.05, 4.69) is 32.0 Å². The third kappa shape index (κ3) is 3.62. The van der Waals surface area contributed by atoms with Crippen molar-refractivity contribution >= 4 is 40.5 Å². The third-order valence-corrected chi connectivity index (χ3v) is 5.32. The molecule has 0 bridgehead atoms. The fourth-order valence-electron chi connectivity index (χ4n) is 1.69. The van der Waals surface area contributed by atoms with Gasteiger partial charge in [0.1, 0.15) is 0 Å². The molecule has 0 radical (unpaired) electrons. The number of carbonyl (C=O) groups excluding carboxylic acids is 1. The van der Waals surface area contributed by atoms with Crippen LogP contribution in [-0.4, -0.2) is 11.0 Å². The first kappa shape index (κ1) is 14.6. The normalized spacial score (nSPS) is 12.4. The summed E-state index contributed by atoms with van der Waals surface area (Å²) in [5, 5.41) is -0.100. The van der Waals surface area contributed by atoms with Gasteiger partial charge in [0.25, 0.3) is 0 Å². The van der Waals surface area contributed by atoms with Crippen molar-refractivity contribution in [2.24, 2.45) is 0 Å². The predicted molar refractivity (Wildman–Crippen MR) is 84.9 cm³/mol. The number of thiophene rings is 1. The van der Waals surface area contributed by atoms with Gasteiger partial charge in [-0.2, -0.15) is 0 Å². The molecule has 0 saturated heterocycles. The molecule has 4 heteroatoms. The molecule has 0 aliphatic rings. The lowest BCUT2D eigenvalue weighted by molar-refractivity contribution is 0.0998. The van der Waals surface area contributed by atoms with E-state index in [1.165, 1.54) is 22.5 Å². The molecule has 0 amide bonds. The summed E-state index contributed by atoms with van der Waals surface area (Å²) in [6.45, 7) is 6.12. The molecule has 0 fully saturated rings. The molecular weight excluding hydrogens is 296 g/mol. The summed E-state index contributed by atoms with van der Waals surface area (Å²) in [6, 6.07) is 9.86. The quantitative estimate of drug-likeness (QED) is 0.557. The van der Waals surface area contributed by atoms with Gasteiger partial charge in [0.2, 0.25) is 0 Å². The van der Waals surface area contributed by atoms with E-state index in [0.29, 0.717) is 4.34 Å². The maximum Gasteiger partial charge on any atom is 0.185 e. The SMILES string of the molecule is Cc1ccc(SC(C)C(=O)c2ccc(Cl)s2)cc1C. The number of carbonyl (C=O) groups is 1. The summed E-state index contributed by atoms with van der Waals surface area (Å²) in [5.74, 6) is 0.139. The van der Waals surface area contributed by atoms with Gasteiger partial charge < -0.3 is 0 Å². The smallest absolute Gasteiger partial charge is 0.185 e. The highest BCUT2D eigenvalue weighted by Crippen LogP contribution is 2.30. The molecule has 0 aliphatic carbocycles. The monoisotopic (exact) mass is 310 g/mol. The van der Waals surface area contributed by atoms with Gasteiger partial charge in [-0.1, -0.05) is 17.7 Å². The molecule has 0 spiro atoms. The third-order valence-electron chi connectivity index (χ3n) is 2.98. The van der Waals surface area contributed by atoms with Crippen LogP contribution in [0, 0.1) is 13.8 Å². The van der Waals surface area contributed by atoms with E-state index in [1.807, 2.05) is 6.92 Å². The molecule has 100 valence electrons. The highest BCUT2D eigenvalue weighted by Gasteiger charge is 2.18. The second-order valence-electron chi connectivity index (χ2n) is 4.47. The Morgan fingerprint density at radius 1 is 1.21 bits per heavy atom. The summed E-state index contributed by atoms with van der Waals surface area (Å²) in [4.78, 5) is 14.1. The van der Waals surface area contributed by atoms with Crippen LogP contribution >= 0.6 is 34.7 Å². The second kappa shape index (κ2) is 6.12. The van der Waals surface area contributed by atoms with Gasteiger partial charge in [0.15, 0.2) is 5.78 Å². The zero-order valence-electron chi connectivity index (χ0n) is 11.1. The van der Waals surface area contributed by atoms with E-state index in [1.54, 1.807) is 23.9 Å². The van der Waals surface area contributed by atoms with Crippen molar-refractivity contribution in [3.63, 3.8) is 0 Å². The molecule has 1 heterocycles. The van der Waals surface area contributed by atoms with Crippen LogP contribution in [0.25, 0.3) is 0 Å². The summed E-state index contributed by atoms with van der Waals surface area (Å²) in [7, 11) is 0. The average Bonchev–Trinajstić information content (AvgIpc) is 2.79. The van der Waals surface area contributed by atoms with Crippen LogP contribution in [0.1, 0.15) is 27.7 Å². The molecule has 1 nitrogen and oxygen atoms in total. The fraction of sp³-hybridized carbons (Fsp3) is 0.267. The minimum atomic E-state index is -0.100. The molecule has 1 atom stereocenters. The van der Waals surface area contributed by atoms with Gasteiger partial charge in [-0.15, -0.1) is 23.1 Å². The number of hydrogen-bond acceptors (Lipinski definition) is 3. The highest BCUT2D eigenvalue weighted by atomic mass is 35.5. The first-order valence-electron chi connectivity index (χ1n) is 6.01. The zero-order chi connectivity index (χ0) is 14.0. The van der Waals surface area contributed by atoms with Gasteiger partial charge in [0.05, 0.1) is 14.5 Å². The van der Waals surface area contributed by atoms with Crippen LogP contribution in [-0.2, 0) is 0 Å².